The fraction of sp³-hybridized carbons (Fsp3) is 0.133. The molecule has 1 heterocycles. The number of aromatic nitrogens is 1. The summed E-state index contributed by atoms with van der Waals surface area (Å²) in [6, 6.07) is 12.1. The van der Waals surface area contributed by atoms with Crippen LogP contribution in [0, 0.1) is 36.5 Å². The van der Waals surface area contributed by atoms with Gasteiger partial charge in [-0.3, -0.25) is 4.79 Å². The Hall–Kier alpha value is -2.85. The number of hydrogen-bond acceptors (Lipinski definition) is 3. The highest BCUT2D eigenvalue weighted by Gasteiger charge is 2.07. The lowest BCUT2D eigenvalue weighted by atomic mass is 10.1. The Labute approximate surface area is 110 Å². The van der Waals surface area contributed by atoms with Crippen molar-refractivity contribution < 1.29 is 0 Å². The van der Waals surface area contributed by atoms with E-state index in [0.29, 0.717) is 11.1 Å². The first-order valence-electron chi connectivity index (χ1n) is 5.71. The Morgan fingerprint density at radius 3 is 2.05 bits per heavy atom. The minimum Gasteiger partial charge on any atom is -0.318 e. The Kier molecular flexibility index (Phi) is 3.18. The zero-order valence-electron chi connectivity index (χ0n) is 10.6. The van der Waals surface area contributed by atoms with Crippen molar-refractivity contribution in [3.63, 3.8) is 0 Å². The van der Waals surface area contributed by atoms with Gasteiger partial charge in [-0.05, 0) is 32.0 Å². The lowest BCUT2D eigenvalue weighted by Gasteiger charge is -2.14. The quantitative estimate of drug-likeness (QED) is 0.777. The highest BCUT2D eigenvalue weighted by molar-refractivity contribution is 5.52. The molecule has 4 heteroatoms. The van der Waals surface area contributed by atoms with E-state index in [-0.39, 0.29) is 5.43 Å². The maximum absolute atomic E-state index is 11.4. The second-order valence-corrected chi connectivity index (χ2v) is 4.26. The molecular weight excluding hydrogens is 238 g/mol. The molecule has 0 aliphatic carbocycles. The molecule has 0 atom stereocenters. The lowest BCUT2D eigenvalue weighted by molar-refractivity contribution is 0.921. The lowest BCUT2D eigenvalue weighted by Crippen LogP contribution is -2.11. The molecule has 0 unspecified atom stereocenters. The zero-order chi connectivity index (χ0) is 14.0. The number of nitriles is 2. The van der Waals surface area contributed by atoms with Gasteiger partial charge in [0.05, 0.1) is 11.1 Å². The van der Waals surface area contributed by atoms with Crippen LogP contribution < -0.4 is 5.43 Å². The molecule has 0 N–H and O–H groups in total. The van der Waals surface area contributed by atoms with Gasteiger partial charge in [-0.2, -0.15) is 10.5 Å². The van der Waals surface area contributed by atoms with Gasteiger partial charge in [0.15, 0.2) is 5.43 Å². The Balaban J connectivity index is 2.71. The molecule has 0 saturated heterocycles. The number of aryl methyl sites for hydroxylation is 2. The molecule has 4 nitrogen and oxygen atoms in total. The van der Waals surface area contributed by atoms with Crippen LogP contribution in [0.3, 0.4) is 0 Å². The van der Waals surface area contributed by atoms with Gasteiger partial charge in [-0.15, -0.1) is 0 Å². The minimum atomic E-state index is -0.0413. The molecule has 19 heavy (non-hydrogen) atoms. The van der Waals surface area contributed by atoms with Gasteiger partial charge in [-0.1, -0.05) is 0 Å². The Bertz CT molecular complexity index is 762. The summed E-state index contributed by atoms with van der Waals surface area (Å²) in [7, 11) is 0. The van der Waals surface area contributed by atoms with Crippen molar-refractivity contribution in [1.29, 1.82) is 10.5 Å². The molecule has 0 amide bonds. The third-order valence-corrected chi connectivity index (χ3v) is 2.91. The number of nitrogens with zero attached hydrogens (tertiary/aromatic N) is 3. The summed E-state index contributed by atoms with van der Waals surface area (Å²) in [5.41, 5.74) is 2.99. The average Bonchev–Trinajstić information content (AvgIpc) is 2.37. The van der Waals surface area contributed by atoms with Gasteiger partial charge >= 0.3 is 0 Å². The zero-order valence-corrected chi connectivity index (χ0v) is 10.6. The topological polar surface area (TPSA) is 69.6 Å². The first-order chi connectivity index (χ1) is 9.06. The van der Waals surface area contributed by atoms with Crippen LogP contribution >= 0.6 is 0 Å². The van der Waals surface area contributed by atoms with Crippen LogP contribution in [0.25, 0.3) is 5.69 Å². The number of pyridine rings is 1. The van der Waals surface area contributed by atoms with Crippen molar-refractivity contribution in [2.75, 3.05) is 0 Å². The van der Waals surface area contributed by atoms with Crippen LogP contribution in [0.5, 0.6) is 0 Å². The van der Waals surface area contributed by atoms with Crippen molar-refractivity contribution in [2.45, 2.75) is 13.8 Å². The van der Waals surface area contributed by atoms with Gasteiger partial charge in [0.2, 0.25) is 0 Å². The van der Waals surface area contributed by atoms with E-state index >= 15 is 0 Å². The molecule has 0 radical (unpaired) electrons. The second-order valence-electron chi connectivity index (χ2n) is 4.26. The summed E-state index contributed by atoms with van der Waals surface area (Å²) in [6.45, 7) is 3.66. The van der Waals surface area contributed by atoms with Gasteiger partial charge in [-0.25, -0.2) is 0 Å². The molecular formula is C15H11N3O. The van der Waals surface area contributed by atoms with E-state index in [0.717, 1.165) is 17.1 Å². The minimum absolute atomic E-state index is 0.0413. The van der Waals surface area contributed by atoms with Crippen molar-refractivity contribution in [3.05, 3.63) is 63.1 Å². The standard InChI is InChI=1S/C15H11N3O/c1-10-5-15(19)6-11(2)18(10)14-4-3-12(8-16)13(7-14)9-17/h3-7H,1-2H3. The molecule has 0 fully saturated rings. The van der Waals surface area contributed by atoms with Crippen LogP contribution in [0.4, 0.5) is 0 Å². The summed E-state index contributed by atoms with van der Waals surface area (Å²) in [6.07, 6.45) is 0. The van der Waals surface area contributed by atoms with Gasteiger partial charge in [0.1, 0.15) is 12.1 Å². The van der Waals surface area contributed by atoms with Crippen molar-refractivity contribution >= 4 is 0 Å². The van der Waals surface area contributed by atoms with Crippen LogP contribution in [0.15, 0.2) is 35.1 Å². The molecule has 0 bridgehead atoms. The van der Waals surface area contributed by atoms with Gasteiger partial charge < -0.3 is 4.57 Å². The maximum atomic E-state index is 11.4. The molecule has 2 rings (SSSR count). The molecule has 0 saturated carbocycles. The fourth-order valence-electron chi connectivity index (χ4n) is 2.13. The van der Waals surface area contributed by atoms with Crippen LogP contribution in [-0.2, 0) is 0 Å². The number of benzene rings is 1. The van der Waals surface area contributed by atoms with E-state index in [9.17, 15) is 4.79 Å². The normalized spacial score (nSPS) is 9.68. The third kappa shape index (κ3) is 2.25. The first kappa shape index (κ1) is 12.6. The van der Waals surface area contributed by atoms with Crippen molar-refractivity contribution in [3.8, 4) is 17.8 Å². The highest BCUT2D eigenvalue weighted by atomic mass is 16.1. The van der Waals surface area contributed by atoms with Crippen molar-refractivity contribution in [1.82, 2.24) is 4.57 Å². The summed E-state index contributed by atoms with van der Waals surface area (Å²) >= 11 is 0. The van der Waals surface area contributed by atoms with E-state index in [2.05, 4.69) is 0 Å². The van der Waals surface area contributed by atoms with E-state index in [1.165, 1.54) is 12.1 Å². The second kappa shape index (κ2) is 4.80. The van der Waals surface area contributed by atoms with Gasteiger partial charge in [0, 0.05) is 29.2 Å². The SMILES string of the molecule is Cc1cc(=O)cc(C)n1-c1ccc(C#N)c(C#N)c1. The summed E-state index contributed by atoms with van der Waals surface area (Å²) < 4.78 is 1.88. The van der Waals surface area contributed by atoms with Crippen molar-refractivity contribution in [2.24, 2.45) is 0 Å². The molecule has 0 spiro atoms. The summed E-state index contributed by atoms with van der Waals surface area (Å²) in [5, 5.41) is 18.0. The smallest absolute Gasteiger partial charge is 0.182 e. The third-order valence-electron chi connectivity index (χ3n) is 2.91. The number of hydrogen-bond donors (Lipinski definition) is 0. The van der Waals surface area contributed by atoms with Crippen LogP contribution in [0.2, 0.25) is 0 Å². The van der Waals surface area contributed by atoms with Crippen LogP contribution in [-0.4, -0.2) is 4.57 Å². The average molecular weight is 249 g/mol. The Morgan fingerprint density at radius 1 is 0.947 bits per heavy atom. The highest BCUT2D eigenvalue weighted by Crippen LogP contribution is 2.17. The van der Waals surface area contributed by atoms with E-state index in [1.807, 2.05) is 30.6 Å². The number of rotatable bonds is 1. The van der Waals surface area contributed by atoms with Gasteiger partial charge in [0.25, 0.3) is 0 Å². The van der Waals surface area contributed by atoms with Crippen LogP contribution in [0.1, 0.15) is 22.5 Å². The predicted octanol–water partition coefficient (Wildman–Crippen LogP) is 2.20. The fourth-order valence-corrected chi connectivity index (χ4v) is 2.13. The van der Waals surface area contributed by atoms with E-state index in [4.69, 9.17) is 10.5 Å². The molecule has 2 aromatic rings. The first-order valence-corrected chi connectivity index (χ1v) is 5.71. The largest absolute Gasteiger partial charge is 0.318 e. The monoisotopic (exact) mass is 249 g/mol. The molecule has 1 aromatic heterocycles. The summed E-state index contributed by atoms with van der Waals surface area (Å²) in [5.74, 6) is 0. The molecule has 92 valence electrons. The molecule has 1 aromatic carbocycles. The predicted molar refractivity (Wildman–Crippen MR) is 70.9 cm³/mol. The maximum Gasteiger partial charge on any atom is 0.182 e. The molecule has 0 aliphatic rings. The Morgan fingerprint density at radius 2 is 1.53 bits per heavy atom. The van der Waals surface area contributed by atoms with E-state index < -0.39 is 0 Å². The molecule has 0 aliphatic heterocycles. The summed E-state index contributed by atoms with van der Waals surface area (Å²) in [4.78, 5) is 11.4. The van der Waals surface area contributed by atoms with E-state index in [1.54, 1.807) is 18.2 Å².